The summed E-state index contributed by atoms with van der Waals surface area (Å²) < 4.78 is 0. The minimum absolute atomic E-state index is 0.115. The fourth-order valence-corrected chi connectivity index (χ4v) is 0.203. The van der Waals surface area contributed by atoms with Crippen LogP contribution in [0.5, 0.6) is 0 Å². The average molecular weight is 121 g/mol. The Bertz CT molecular complexity index is 74.9. The Labute approximate surface area is 45.6 Å². The molecule has 0 aromatic carbocycles. The molecular weight excluding hydrogens is 114 g/mol. The van der Waals surface area contributed by atoms with Gasteiger partial charge in [-0.05, 0) is 0 Å². The lowest BCUT2D eigenvalue weighted by Crippen LogP contribution is -2.32. The van der Waals surface area contributed by atoms with Crippen molar-refractivity contribution in [3.8, 4) is 0 Å². The van der Waals surface area contributed by atoms with Gasteiger partial charge in [0.25, 0.3) is 0 Å². The summed E-state index contributed by atoms with van der Waals surface area (Å²) in [6.45, 7) is -0.0863. The summed E-state index contributed by atoms with van der Waals surface area (Å²) in [5.41, 5.74) is 3.71. The summed E-state index contributed by atoms with van der Waals surface area (Å²) in [6.07, 6.45) is 0. The predicted octanol–water partition coefficient (Wildman–Crippen LogP) is -1.25. The van der Waals surface area contributed by atoms with E-state index in [0.717, 1.165) is 0 Å². The Morgan fingerprint density at radius 1 is 1.75 bits per heavy atom. The minimum atomic E-state index is -0.482. The highest BCUT2D eigenvalue weighted by Gasteiger charge is 1.91. The molecule has 0 fully saturated rings. The van der Waals surface area contributed by atoms with Crippen LogP contribution >= 0.6 is 0 Å². The summed E-state index contributed by atoms with van der Waals surface area (Å²) in [6, 6.07) is 0. The van der Waals surface area contributed by atoms with Gasteiger partial charge in [-0.1, -0.05) is 0 Å². The molecule has 0 aliphatic carbocycles. The van der Waals surface area contributed by atoms with E-state index in [1.54, 1.807) is 5.59 Å². The lowest BCUT2D eigenvalue weighted by Gasteiger charge is -1.93. The molecule has 0 aromatic heterocycles. The van der Waals surface area contributed by atoms with E-state index in [4.69, 9.17) is 5.21 Å². The second-order valence-electron chi connectivity index (χ2n) is 1.09. The zero-order chi connectivity index (χ0) is 6.41. The van der Waals surface area contributed by atoms with Crippen LogP contribution in [0.3, 0.4) is 0 Å². The first-order valence-electron chi connectivity index (χ1n) is 2.01. The molecule has 6 heteroatoms. The van der Waals surface area contributed by atoms with E-state index >= 15 is 0 Å². The van der Waals surface area contributed by atoms with E-state index in [9.17, 15) is 10.1 Å². The van der Waals surface area contributed by atoms with E-state index in [2.05, 4.69) is 5.43 Å². The maximum atomic E-state index is 9.53. The van der Waals surface area contributed by atoms with Gasteiger partial charge in [-0.2, -0.15) is 0 Å². The molecule has 0 unspecified atom stereocenters. The third-order valence-electron chi connectivity index (χ3n) is 0.498. The highest BCUT2D eigenvalue weighted by atomic mass is 16.6. The monoisotopic (exact) mass is 121 g/mol. The molecule has 0 rings (SSSR count). The van der Waals surface area contributed by atoms with Gasteiger partial charge in [-0.3, -0.25) is 10.1 Å². The number of nitro groups is 1. The number of hydrogen-bond donors (Lipinski definition) is 3. The van der Waals surface area contributed by atoms with Gasteiger partial charge in [0.15, 0.2) is 0 Å². The second kappa shape index (κ2) is 4.44. The van der Waals surface area contributed by atoms with Crippen LogP contribution in [0.4, 0.5) is 0 Å². The summed E-state index contributed by atoms with van der Waals surface area (Å²) in [5.74, 6) is 0. The van der Waals surface area contributed by atoms with E-state index in [-0.39, 0.29) is 13.1 Å². The van der Waals surface area contributed by atoms with Crippen LogP contribution in [-0.2, 0) is 0 Å². The van der Waals surface area contributed by atoms with Gasteiger partial charge in [0.2, 0.25) is 6.54 Å². The molecular formula is C2H7N3O3. The number of hydrazine groups is 1. The molecule has 6 nitrogen and oxygen atoms in total. The quantitative estimate of drug-likeness (QED) is 0.245. The zero-order valence-corrected chi connectivity index (χ0v) is 4.13. The Hall–Kier alpha value is -0.720. The summed E-state index contributed by atoms with van der Waals surface area (Å²) in [5, 5.41) is 17.3. The Morgan fingerprint density at radius 2 is 2.38 bits per heavy atom. The molecule has 0 aliphatic rings. The van der Waals surface area contributed by atoms with E-state index < -0.39 is 4.92 Å². The van der Waals surface area contributed by atoms with Crippen LogP contribution in [-0.4, -0.2) is 23.2 Å². The van der Waals surface area contributed by atoms with E-state index in [1.807, 2.05) is 0 Å². The van der Waals surface area contributed by atoms with Crippen molar-refractivity contribution < 1.29 is 10.1 Å². The first kappa shape index (κ1) is 7.28. The van der Waals surface area contributed by atoms with Gasteiger partial charge < -0.3 is 5.21 Å². The Balaban J connectivity index is 2.82. The first-order valence-corrected chi connectivity index (χ1v) is 2.01. The number of nitrogens with one attached hydrogen (secondary N) is 2. The zero-order valence-electron chi connectivity index (χ0n) is 4.13. The van der Waals surface area contributed by atoms with Gasteiger partial charge >= 0.3 is 0 Å². The fraction of sp³-hybridized carbons (Fsp3) is 1.00. The third-order valence-corrected chi connectivity index (χ3v) is 0.498. The molecule has 0 aromatic rings. The van der Waals surface area contributed by atoms with Crippen molar-refractivity contribution in [1.82, 2.24) is 11.0 Å². The van der Waals surface area contributed by atoms with Crippen molar-refractivity contribution in [3.63, 3.8) is 0 Å². The van der Waals surface area contributed by atoms with Crippen molar-refractivity contribution in [1.29, 1.82) is 0 Å². The van der Waals surface area contributed by atoms with Crippen LogP contribution in [0.25, 0.3) is 0 Å². The average Bonchev–Trinajstić information content (AvgIpc) is 1.66. The van der Waals surface area contributed by atoms with Gasteiger partial charge in [0.05, 0.1) is 6.54 Å². The molecule has 0 aliphatic heterocycles. The molecule has 0 atom stereocenters. The van der Waals surface area contributed by atoms with Crippen LogP contribution in [0.2, 0.25) is 0 Å². The minimum Gasteiger partial charge on any atom is -0.302 e. The SMILES string of the molecule is O=[N+]([O-])CCNNO. The van der Waals surface area contributed by atoms with Crippen molar-refractivity contribution in [2.45, 2.75) is 0 Å². The van der Waals surface area contributed by atoms with Crippen molar-refractivity contribution in [3.05, 3.63) is 10.1 Å². The molecule has 8 heavy (non-hydrogen) atoms. The summed E-state index contributed by atoms with van der Waals surface area (Å²) in [7, 11) is 0. The predicted molar refractivity (Wildman–Crippen MR) is 24.8 cm³/mol. The molecule has 3 N–H and O–H groups in total. The van der Waals surface area contributed by atoms with Crippen LogP contribution in [0.15, 0.2) is 0 Å². The molecule has 0 spiro atoms. The maximum absolute atomic E-state index is 9.53. The van der Waals surface area contributed by atoms with Gasteiger partial charge in [0.1, 0.15) is 0 Å². The number of nitrogens with zero attached hydrogens (tertiary/aromatic N) is 1. The molecule has 0 amide bonds. The number of hydrogen-bond acceptors (Lipinski definition) is 5. The summed E-state index contributed by atoms with van der Waals surface area (Å²) in [4.78, 5) is 9.05. The molecule has 48 valence electrons. The second-order valence-corrected chi connectivity index (χ2v) is 1.09. The van der Waals surface area contributed by atoms with Crippen LogP contribution in [0.1, 0.15) is 0 Å². The molecule has 0 radical (unpaired) electrons. The van der Waals surface area contributed by atoms with Gasteiger partial charge in [0, 0.05) is 4.92 Å². The van der Waals surface area contributed by atoms with E-state index in [0.29, 0.717) is 0 Å². The van der Waals surface area contributed by atoms with Crippen LogP contribution in [0, 0.1) is 10.1 Å². The lowest BCUT2D eigenvalue weighted by atomic mass is 10.7. The normalized spacial score (nSPS) is 9.12. The largest absolute Gasteiger partial charge is 0.302 e. The molecule has 0 saturated carbocycles. The first-order chi connectivity index (χ1) is 3.77. The fourth-order valence-electron chi connectivity index (χ4n) is 0.203. The third kappa shape index (κ3) is 5.28. The molecule has 0 heterocycles. The number of rotatable bonds is 4. The van der Waals surface area contributed by atoms with Gasteiger partial charge in [-0.25, -0.2) is 5.43 Å². The van der Waals surface area contributed by atoms with Gasteiger partial charge in [-0.15, -0.1) is 5.59 Å². The van der Waals surface area contributed by atoms with Crippen molar-refractivity contribution >= 4 is 0 Å². The lowest BCUT2D eigenvalue weighted by molar-refractivity contribution is -0.478. The van der Waals surface area contributed by atoms with E-state index in [1.165, 1.54) is 0 Å². The smallest absolute Gasteiger partial charge is 0.217 e. The highest BCUT2D eigenvalue weighted by Crippen LogP contribution is 1.61. The standard InChI is InChI=1S/C2H7N3O3/c6-4-3-1-2-5(7)8/h3-4,6H,1-2H2. The topological polar surface area (TPSA) is 87.4 Å². The summed E-state index contributed by atoms with van der Waals surface area (Å²) >= 11 is 0. The molecule has 0 bridgehead atoms. The Morgan fingerprint density at radius 3 is 2.75 bits per heavy atom. The van der Waals surface area contributed by atoms with Crippen molar-refractivity contribution in [2.75, 3.05) is 13.1 Å². The highest BCUT2D eigenvalue weighted by molar-refractivity contribution is 4.29. The maximum Gasteiger partial charge on any atom is 0.217 e. The van der Waals surface area contributed by atoms with Crippen molar-refractivity contribution in [2.24, 2.45) is 0 Å². The molecule has 0 saturated heterocycles. The van der Waals surface area contributed by atoms with Crippen LogP contribution < -0.4 is 11.0 Å². The Kier molecular flexibility index (Phi) is 4.04.